The van der Waals surface area contributed by atoms with Crippen molar-refractivity contribution in [2.24, 2.45) is 0 Å². The van der Waals surface area contributed by atoms with E-state index in [1.54, 1.807) is 0 Å². The van der Waals surface area contributed by atoms with E-state index in [0.29, 0.717) is 0 Å². The van der Waals surface area contributed by atoms with E-state index in [-0.39, 0.29) is 6.03 Å². The number of piperazine rings is 1. The number of anilines is 2. The summed E-state index contributed by atoms with van der Waals surface area (Å²) in [6.07, 6.45) is 0. The molecule has 24 heavy (non-hydrogen) atoms. The molecule has 0 bridgehead atoms. The van der Waals surface area contributed by atoms with Crippen LogP contribution in [0.15, 0.2) is 46.9 Å². The summed E-state index contributed by atoms with van der Waals surface area (Å²) in [4.78, 5) is 16.6. The monoisotopic (exact) mass is 387 g/mol. The fraction of sp³-hybridized carbons (Fsp3) is 0.316. The summed E-state index contributed by atoms with van der Waals surface area (Å²) < 4.78 is 1.00. The van der Waals surface area contributed by atoms with Crippen LogP contribution in [-0.2, 0) is 0 Å². The lowest BCUT2D eigenvalue weighted by Crippen LogP contribution is -2.50. The molecule has 1 fully saturated rings. The minimum Gasteiger partial charge on any atom is -0.368 e. The van der Waals surface area contributed by atoms with Crippen LogP contribution in [0.25, 0.3) is 0 Å². The van der Waals surface area contributed by atoms with Crippen molar-refractivity contribution < 1.29 is 4.79 Å². The third-order valence-corrected chi connectivity index (χ3v) is 4.76. The van der Waals surface area contributed by atoms with Crippen LogP contribution in [0.1, 0.15) is 11.1 Å². The number of nitrogens with one attached hydrogen (secondary N) is 1. The Balaban J connectivity index is 1.58. The second kappa shape index (κ2) is 7.26. The Morgan fingerprint density at radius 2 is 1.54 bits per heavy atom. The normalized spacial score (nSPS) is 14.6. The van der Waals surface area contributed by atoms with Gasteiger partial charge in [0.25, 0.3) is 0 Å². The zero-order chi connectivity index (χ0) is 17.1. The number of hydrogen-bond acceptors (Lipinski definition) is 2. The number of nitrogens with zero attached hydrogens (tertiary/aromatic N) is 2. The Kier molecular flexibility index (Phi) is 5.09. The molecule has 3 rings (SSSR count). The molecule has 0 atom stereocenters. The number of amides is 2. The predicted molar refractivity (Wildman–Crippen MR) is 103 cm³/mol. The summed E-state index contributed by atoms with van der Waals surface area (Å²) in [5.74, 6) is 0. The third-order valence-electron chi connectivity index (χ3n) is 4.23. The molecule has 0 spiro atoms. The van der Waals surface area contributed by atoms with Gasteiger partial charge in [-0.2, -0.15) is 0 Å². The van der Waals surface area contributed by atoms with E-state index in [4.69, 9.17) is 0 Å². The maximum absolute atomic E-state index is 12.4. The highest BCUT2D eigenvalue weighted by Gasteiger charge is 2.21. The number of carbonyl (C=O) groups is 1. The minimum absolute atomic E-state index is 0.0302. The van der Waals surface area contributed by atoms with Gasteiger partial charge in [0, 0.05) is 42.0 Å². The second-order valence-corrected chi connectivity index (χ2v) is 7.17. The largest absolute Gasteiger partial charge is 0.368 e. The van der Waals surface area contributed by atoms with Crippen molar-refractivity contribution in [3.8, 4) is 0 Å². The van der Waals surface area contributed by atoms with Gasteiger partial charge < -0.3 is 15.1 Å². The first-order chi connectivity index (χ1) is 11.5. The van der Waals surface area contributed by atoms with E-state index in [1.165, 1.54) is 16.8 Å². The van der Waals surface area contributed by atoms with Crippen molar-refractivity contribution in [1.82, 2.24) is 4.90 Å². The highest BCUT2D eigenvalue weighted by atomic mass is 79.9. The molecule has 0 unspecified atom stereocenters. The molecule has 126 valence electrons. The van der Waals surface area contributed by atoms with Crippen molar-refractivity contribution in [2.45, 2.75) is 13.8 Å². The molecule has 0 aliphatic carbocycles. The van der Waals surface area contributed by atoms with E-state index in [2.05, 4.69) is 58.2 Å². The fourth-order valence-corrected chi connectivity index (χ4v) is 3.30. The van der Waals surface area contributed by atoms with Crippen molar-refractivity contribution in [1.29, 1.82) is 0 Å². The van der Waals surface area contributed by atoms with Crippen LogP contribution in [0.5, 0.6) is 0 Å². The average Bonchev–Trinajstić information content (AvgIpc) is 2.56. The van der Waals surface area contributed by atoms with Gasteiger partial charge in [-0.25, -0.2) is 4.79 Å². The lowest BCUT2D eigenvalue weighted by atomic mass is 10.1. The summed E-state index contributed by atoms with van der Waals surface area (Å²) in [7, 11) is 0. The second-order valence-electron chi connectivity index (χ2n) is 6.26. The fourth-order valence-electron chi connectivity index (χ4n) is 3.04. The minimum atomic E-state index is -0.0302. The van der Waals surface area contributed by atoms with Gasteiger partial charge in [0.05, 0.1) is 0 Å². The van der Waals surface area contributed by atoms with Crippen molar-refractivity contribution >= 4 is 33.3 Å². The molecule has 5 heteroatoms. The van der Waals surface area contributed by atoms with Crippen LogP contribution in [0, 0.1) is 13.8 Å². The van der Waals surface area contributed by atoms with Gasteiger partial charge in [-0.3, -0.25) is 0 Å². The van der Waals surface area contributed by atoms with Crippen molar-refractivity contribution in [2.75, 3.05) is 36.4 Å². The van der Waals surface area contributed by atoms with Crippen LogP contribution >= 0.6 is 15.9 Å². The summed E-state index contributed by atoms with van der Waals surface area (Å²) in [5, 5.41) is 2.96. The molecule has 0 radical (unpaired) electrons. The van der Waals surface area contributed by atoms with Gasteiger partial charge in [-0.05, 0) is 61.4 Å². The maximum Gasteiger partial charge on any atom is 0.321 e. The highest BCUT2D eigenvalue weighted by molar-refractivity contribution is 9.10. The molecular formula is C19H22BrN3O. The Bertz CT molecular complexity index is 702. The first-order valence-electron chi connectivity index (χ1n) is 8.16. The molecule has 4 nitrogen and oxygen atoms in total. The van der Waals surface area contributed by atoms with Gasteiger partial charge in [-0.1, -0.05) is 22.0 Å². The average molecular weight is 388 g/mol. The van der Waals surface area contributed by atoms with E-state index >= 15 is 0 Å². The number of aryl methyl sites for hydroxylation is 2. The quantitative estimate of drug-likeness (QED) is 0.827. The standard InChI is InChI=1S/C19H22BrN3O/c1-14-11-15(2)13-18(12-14)22-7-9-23(10-8-22)19(24)21-17-5-3-16(20)4-6-17/h3-6,11-13H,7-10H2,1-2H3,(H,21,24). The van der Waals surface area contributed by atoms with Gasteiger partial charge in [0.1, 0.15) is 0 Å². The number of carbonyl (C=O) groups excluding carboxylic acids is 1. The summed E-state index contributed by atoms with van der Waals surface area (Å²) >= 11 is 3.40. The molecule has 1 N–H and O–H groups in total. The zero-order valence-corrected chi connectivity index (χ0v) is 15.6. The third kappa shape index (κ3) is 4.09. The Hall–Kier alpha value is -2.01. The van der Waals surface area contributed by atoms with Crippen molar-refractivity contribution in [3.63, 3.8) is 0 Å². The van der Waals surface area contributed by atoms with Gasteiger partial charge >= 0.3 is 6.03 Å². The van der Waals surface area contributed by atoms with Gasteiger partial charge in [0.2, 0.25) is 0 Å². The van der Waals surface area contributed by atoms with Crippen LogP contribution in [0.2, 0.25) is 0 Å². The molecule has 1 heterocycles. The van der Waals surface area contributed by atoms with Crippen molar-refractivity contribution in [3.05, 3.63) is 58.1 Å². The van der Waals surface area contributed by atoms with Gasteiger partial charge in [0.15, 0.2) is 0 Å². The van der Waals surface area contributed by atoms with Crippen LogP contribution in [0.4, 0.5) is 16.2 Å². The van der Waals surface area contributed by atoms with E-state index in [0.717, 1.165) is 36.3 Å². The molecule has 2 aromatic carbocycles. The summed E-state index contributed by atoms with van der Waals surface area (Å²) in [5.41, 5.74) is 4.63. The predicted octanol–water partition coefficient (Wildman–Crippen LogP) is 4.42. The topological polar surface area (TPSA) is 35.6 Å². The Labute approximate surface area is 151 Å². The molecule has 2 aromatic rings. The van der Waals surface area contributed by atoms with E-state index < -0.39 is 0 Å². The van der Waals surface area contributed by atoms with E-state index in [1.807, 2.05) is 29.2 Å². The molecule has 1 aliphatic rings. The number of hydrogen-bond donors (Lipinski definition) is 1. The number of benzene rings is 2. The van der Waals surface area contributed by atoms with Gasteiger partial charge in [-0.15, -0.1) is 0 Å². The highest BCUT2D eigenvalue weighted by Crippen LogP contribution is 2.21. The lowest BCUT2D eigenvalue weighted by molar-refractivity contribution is 0.208. The molecule has 1 saturated heterocycles. The smallest absolute Gasteiger partial charge is 0.321 e. The Morgan fingerprint density at radius 1 is 0.958 bits per heavy atom. The summed E-state index contributed by atoms with van der Waals surface area (Å²) in [6.45, 7) is 7.43. The first-order valence-corrected chi connectivity index (χ1v) is 8.95. The summed E-state index contributed by atoms with van der Waals surface area (Å²) in [6, 6.07) is 14.2. The molecule has 1 aliphatic heterocycles. The van der Waals surface area contributed by atoms with E-state index in [9.17, 15) is 4.79 Å². The van der Waals surface area contributed by atoms with Crippen LogP contribution in [0.3, 0.4) is 0 Å². The SMILES string of the molecule is Cc1cc(C)cc(N2CCN(C(=O)Nc3ccc(Br)cc3)CC2)c1. The zero-order valence-electron chi connectivity index (χ0n) is 14.1. The number of urea groups is 1. The Morgan fingerprint density at radius 3 is 2.12 bits per heavy atom. The first kappa shape index (κ1) is 16.8. The maximum atomic E-state index is 12.4. The molecule has 0 saturated carbocycles. The number of rotatable bonds is 2. The van der Waals surface area contributed by atoms with Crippen LogP contribution in [-0.4, -0.2) is 37.1 Å². The lowest BCUT2D eigenvalue weighted by Gasteiger charge is -2.36. The molecule has 2 amide bonds. The molecular weight excluding hydrogens is 366 g/mol. The van der Waals surface area contributed by atoms with Crippen LogP contribution < -0.4 is 10.2 Å². The molecule has 0 aromatic heterocycles. The number of halogens is 1.